The van der Waals surface area contributed by atoms with Gasteiger partial charge in [-0.2, -0.15) is 0 Å². The van der Waals surface area contributed by atoms with Crippen LogP contribution in [0.5, 0.6) is 0 Å². The maximum absolute atomic E-state index is 11.2. The van der Waals surface area contributed by atoms with Crippen LogP contribution in [0.4, 0.5) is 11.4 Å². The molecule has 1 atom stereocenters. The number of nitrogens with one attached hydrogen (secondary N) is 1. The zero-order valence-corrected chi connectivity index (χ0v) is 13.7. The molecular formula is C13H18ClN3O4S. The molecule has 0 amide bonds. The van der Waals surface area contributed by atoms with Crippen LogP contribution >= 0.6 is 11.6 Å². The molecule has 0 saturated carbocycles. The first-order chi connectivity index (χ1) is 10.3. The van der Waals surface area contributed by atoms with Gasteiger partial charge in [-0.15, -0.1) is 0 Å². The molecule has 0 bridgehead atoms. The number of sulfonamides is 1. The number of anilines is 1. The minimum atomic E-state index is -3.23. The number of piperidine rings is 1. The summed E-state index contributed by atoms with van der Waals surface area (Å²) in [4.78, 5) is 12.6. The number of halogens is 1. The van der Waals surface area contributed by atoms with Crippen LogP contribution in [-0.4, -0.2) is 39.2 Å². The van der Waals surface area contributed by atoms with E-state index in [2.05, 4.69) is 4.72 Å². The molecule has 122 valence electrons. The third-order valence-electron chi connectivity index (χ3n) is 3.63. The fourth-order valence-electron chi connectivity index (χ4n) is 2.62. The molecular weight excluding hydrogens is 330 g/mol. The van der Waals surface area contributed by atoms with Crippen LogP contribution in [-0.2, 0) is 10.0 Å². The Labute approximate surface area is 134 Å². The Morgan fingerprint density at radius 2 is 2.23 bits per heavy atom. The molecule has 0 radical (unpaired) electrons. The predicted molar refractivity (Wildman–Crippen MR) is 85.9 cm³/mol. The van der Waals surface area contributed by atoms with E-state index in [1.165, 1.54) is 12.1 Å². The van der Waals surface area contributed by atoms with Crippen molar-refractivity contribution in [1.29, 1.82) is 0 Å². The molecule has 1 fully saturated rings. The average molecular weight is 348 g/mol. The van der Waals surface area contributed by atoms with Gasteiger partial charge in [-0.05, 0) is 30.9 Å². The highest BCUT2D eigenvalue weighted by Crippen LogP contribution is 2.33. The summed E-state index contributed by atoms with van der Waals surface area (Å²) < 4.78 is 24.9. The van der Waals surface area contributed by atoms with Crippen LogP contribution in [0, 0.1) is 16.0 Å². The van der Waals surface area contributed by atoms with Gasteiger partial charge in [-0.25, -0.2) is 13.1 Å². The first-order valence-corrected chi connectivity index (χ1v) is 9.17. The zero-order valence-electron chi connectivity index (χ0n) is 12.2. The van der Waals surface area contributed by atoms with Crippen molar-refractivity contribution < 1.29 is 13.3 Å². The van der Waals surface area contributed by atoms with E-state index >= 15 is 0 Å². The third kappa shape index (κ3) is 4.56. The van der Waals surface area contributed by atoms with E-state index in [1.807, 2.05) is 4.90 Å². The fourth-order valence-corrected chi connectivity index (χ4v) is 3.33. The molecule has 1 aromatic rings. The second kappa shape index (κ2) is 6.80. The SMILES string of the molecule is CS(=O)(=O)NC[C@H]1CCCN(c2cc(Cl)ccc2[N+](=O)[O-])C1. The highest BCUT2D eigenvalue weighted by Gasteiger charge is 2.26. The molecule has 22 heavy (non-hydrogen) atoms. The van der Waals surface area contributed by atoms with E-state index in [0.29, 0.717) is 30.3 Å². The summed E-state index contributed by atoms with van der Waals surface area (Å²) in [5.74, 6) is 0.113. The van der Waals surface area contributed by atoms with Crippen LogP contribution in [0.15, 0.2) is 18.2 Å². The number of benzene rings is 1. The quantitative estimate of drug-likeness (QED) is 0.649. The van der Waals surface area contributed by atoms with E-state index in [0.717, 1.165) is 19.1 Å². The zero-order chi connectivity index (χ0) is 16.3. The van der Waals surface area contributed by atoms with Gasteiger partial charge < -0.3 is 4.90 Å². The summed E-state index contributed by atoms with van der Waals surface area (Å²) in [6.07, 6.45) is 2.85. The maximum Gasteiger partial charge on any atom is 0.292 e. The molecule has 1 heterocycles. The Hall–Kier alpha value is -1.38. The molecule has 0 unspecified atom stereocenters. The van der Waals surface area contributed by atoms with Gasteiger partial charge in [0.25, 0.3) is 5.69 Å². The van der Waals surface area contributed by atoms with Gasteiger partial charge in [0.15, 0.2) is 0 Å². The Kier molecular flexibility index (Phi) is 5.25. The summed E-state index contributed by atoms with van der Waals surface area (Å²) in [5.41, 5.74) is 0.502. The van der Waals surface area contributed by atoms with Crippen molar-refractivity contribution in [3.63, 3.8) is 0 Å². The Morgan fingerprint density at radius 1 is 1.50 bits per heavy atom. The van der Waals surface area contributed by atoms with Crippen LogP contribution in [0.3, 0.4) is 0 Å². The van der Waals surface area contributed by atoms with Gasteiger partial charge in [0, 0.05) is 30.7 Å². The molecule has 1 aliphatic rings. The van der Waals surface area contributed by atoms with E-state index in [9.17, 15) is 18.5 Å². The predicted octanol–water partition coefficient (Wildman–Crippen LogP) is 2.01. The first-order valence-electron chi connectivity index (χ1n) is 6.90. The van der Waals surface area contributed by atoms with Gasteiger partial charge in [0.2, 0.25) is 10.0 Å². The highest BCUT2D eigenvalue weighted by molar-refractivity contribution is 7.88. The monoisotopic (exact) mass is 347 g/mol. The lowest BCUT2D eigenvalue weighted by Crippen LogP contribution is -2.41. The van der Waals surface area contributed by atoms with Crippen molar-refractivity contribution in [3.8, 4) is 0 Å². The molecule has 0 aliphatic carbocycles. The Morgan fingerprint density at radius 3 is 2.86 bits per heavy atom. The van der Waals surface area contributed by atoms with Crippen molar-refractivity contribution in [2.75, 3.05) is 30.8 Å². The number of nitro benzene ring substituents is 1. The molecule has 0 aromatic heterocycles. The molecule has 7 nitrogen and oxygen atoms in total. The Balaban J connectivity index is 2.15. The third-order valence-corrected chi connectivity index (χ3v) is 4.55. The number of rotatable bonds is 5. The number of hydrogen-bond donors (Lipinski definition) is 1. The van der Waals surface area contributed by atoms with Crippen molar-refractivity contribution in [1.82, 2.24) is 4.72 Å². The van der Waals surface area contributed by atoms with Crippen LogP contribution in [0.1, 0.15) is 12.8 Å². The summed E-state index contributed by atoms with van der Waals surface area (Å²) in [5, 5.41) is 11.6. The molecule has 1 saturated heterocycles. The molecule has 9 heteroatoms. The Bertz CT molecular complexity index is 665. The summed E-state index contributed by atoms with van der Waals surface area (Å²) >= 11 is 5.96. The van der Waals surface area contributed by atoms with Gasteiger partial charge in [-0.1, -0.05) is 11.6 Å². The van der Waals surface area contributed by atoms with Gasteiger partial charge in [0.1, 0.15) is 5.69 Å². The second-order valence-electron chi connectivity index (χ2n) is 5.47. The minimum absolute atomic E-state index is 0.0149. The molecule has 0 spiro atoms. The van der Waals surface area contributed by atoms with E-state index < -0.39 is 14.9 Å². The average Bonchev–Trinajstić information content (AvgIpc) is 2.44. The van der Waals surface area contributed by atoms with E-state index in [1.54, 1.807) is 6.07 Å². The first kappa shape index (κ1) is 17.0. The van der Waals surface area contributed by atoms with Crippen LogP contribution in [0.25, 0.3) is 0 Å². The lowest BCUT2D eigenvalue weighted by molar-refractivity contribution is -0.384. The van der Waals surface area contributed by atoms with Gasteiger partial charge >= 0.3 is 0 Å². The fraction of sp³-hybridized carbons (Fsp3) is 0.538. The molecule has 1 N–H and O–H groups in total. The summed E-state index contributed by atoms with van der Waals surface area (Å²) in [6.45, 7) is 1.59. The highest BCUT2D eigenvalue weighted by atomic mass is 35.5. The standard InChI is InChI=1S/C13H18ClN3O4S/c1-22(20,21)15-8-10-3-2-6-16(9-10)13-7-11(14)4-5-12(13)17(18)19/h4-5,7,10,15H,2-3,6,8-9H2,1H3/t10-/m1/s1. The summed E-state index contributed by atoms with van der Waals surface area (Å²) in [6, 6.07) is 4.48. The minimum Gasteiger partial charge on any atom is -0.366 e. The van der Waals surface area contributed by atoms with Crippen molar-refractivity contribution >= 4 is 33.0 Å². The van der Waals surface area contributed by atoms with Crippen LogP contribution < -0.4 is 9.62 Å². The molecule has 1 aliphatic heterocycles. The number of nitro groups is 1. The van der Waals surface area contributed by atoms with Gasteiger partial charge in [0.05, 0.1) is 11.2 Å². The van der Waals surface area contributed by atoms with Crippen molar-refractivity contribution in [2.45, 2.75) is 12.8 Å². The number of hydrogen-bond acceptors (Lipinski definition) is 5. The van der Waals surface area contributed by atoms with Crippen molar-refractivity contribution in [3.05, 3.63) is 33.3 Å². The molecule has 2 rings (SSSR count). The lowest BCUT2D eigenvalue weighted by Gasteiger charge is -2.34. The number of nitrogens with zero attached hydrogens (tertiary/aromatic N) is 2. The lowest BCUT2D eigenvalue weighted by atomic mass is 9.97. The van der Waals surface area contributed by atoms with E-state index in [4.69, 9.17) is 11.6 Å². The van der Waals surface area contributed by atoms with Crippen molar-refractivity contribution in [2.24, 2.45) is 5.92 Å². The maximum atomic E-state index is 11.2. The molecule has 1 aromatic carbocycles. The van der Waals surface area contributed by atoms with Gasteiger partial charge in [-0.3, -0.25) is 10.1 Å². The summed E-state index contributed by atoms with van der Waals surface area (Å²) in [7, 11) is -3.23. The normalized spacial score (nSPS) is 19.2. The van der Waals surface area contributed by atoms with Crippen LogP contribution in [0.2, 0.25) is 5.02 Å². The second-order valence-corrected chi connectivity index (χ2v) is 7.73. The smallest absolute Gasteiger partial charge is 0.292 e. The largest absolute Gasteiger partial charge is 0.366 e. The topological polar surface area (TPSA) is 92.6 Å². The van der Waals surface area contributed by atoms with E-state index in [-0.39, 0.29) is 11.6 Å².